The van der Waals surface area contributed by atoms with Gasteiger partial charge in [0.2, 0.25) is 0 Å². The Morgan fingerprint density at radius 2 is 1.74 bits per heavy atom. The third kappa shape index (κ3) is 6.11. The monoisotopic (exact) mass is 498 g/mol. The Labute approximate surface area is 203 Å². The molecular formula is C25H26N2O5S2. The van der Waals surface area contributed by atoms with E-state index in [1.165, 1.54) is 12.1 Å². The Morgan fingerprint density at radius 1 is 1.03 bits per heavy atom. The third-order valence-electron chi connectivity index (χ3n) is 5.35. The van der Waals surface area contributed by atoms with E-state index in [2.05, 4.69) is 10.0 Å². The number of carbonyl (C=O) groups is 1. The van der Waals surface area contributed by atoms with Crippen LogP contribution in [-0.4, -0.2) is 39.9 Å². The molecule has 1 saturated heterocycles. The van der Waals surface area contributed by atoms with Gasteiger partial charge < -0.3 is 14.8 Å². The van der Waals surface area contributed by atoms with Crippen molar-refractivity contribution in [2.24, 2.45) is 0 Å². The molecule has 0 spiro atoms. The lowest BCUT2D eigenvalue weighted by Gasteiger charge is -2.13. The number of hydrogen-bond acceptors (Lipinski definition) is 6. The molecule has 1 aliphatic rings. The zero-order chi connectivity index (χ0) is 24.0. The van der Waals surface area contributed by atoms with Crippen molar-refractivity contribution in [3.63, 3.8) is 0 Å². The molecule has 4 rings (SSSR count). The zero-order valence-electron chi connectivity index (χ0n) is 18.7. The number of nitrogens with one attached hydrogen (secondary N) is 2. The van der Waals surface area contributed by atoms with E-state index in [-0.39, 0.29) is 16.9 Å². The Bertz CT molecular complexity index is 1220. The van der Waals surface area contributed by atoms with Gasteiger partial charge in [0.25, 0.3) is 15.9 Å². The van der Waals surface area contributed by atoms with E-state index >= 15 is 0 Å². The van der Waals surface area contributed by atoms with Crippen LogP contribution in [0.1, 0.15) is 23.2 Å². The van der Waals surface area contributed by atoms with Gasteiger partial charge in [-0.3, -0.25) is 9.52 Å². The minimum Gasteiger partial charge on any atom is -0.497 e. The molecule has 178 valence electrons. The number of carbonyl (C=O) groups excluding carboxylic acids is 1. The molecule has 9 heteroatoms. The van der Waals surface area contributed by atoms with Gasteiger partial charge in [-0.1, -0.05) is 12.1 Å². The largest absolute Gasteiger partial charge is 0.497 e. The van der Waals surface area contributed by atoms with Gasteiger partial charge in [0.05, 0.1) is 23.7 Å². The summed E-state index contributed by atoms with van der Waals surface area (Å²) in [5.74, 6) is 1.19. The van der Waals surface area contributed by atoms with E-state index in [0.29, 0.717) is 22.7 Å². The molecule has 34 heavy (non-hydrogen) atoms. The Balaban J connectivity index is 1.40. The van der Waals surface area contributed by atoms with E-state index in [1.807, 2.05) is 18.2 Å². The van der Waals surface area contributed by atoms with E-state index in [9.17, 15) is 13.2 Å². The lowest BCUT2D eigenvalue weighted by molar-refractivity contribution is 0.102. The number of amides is 1. The molecular weight excluding hydrogens is 472 g/mol. The summed E-state index contributed by atoms with van der Waals surface area (Å²) < 4.78 is 38.7. The second kappa shape index (κ2) is 10.9. The molecule has 1 aliphatic heterocycles. The average molecular weight is 499 g/mol. The van der Waals surface area contributed by atoms with E-state index < -0.39 is 10.0 Å². The van der Waals surface area contributed by atoms with Gasteiger partial charge in [0, 0.05) is 28.6 Å². The lowest BCUT2D eigenvalue weighted by Crippen LogP contribution is -2.15. The number of hydrogen-bond donors (Lipinski definition) is 2. The lowest BCUT2D eigenvalue weighted by atomic mass is 10.2. The molecule has 0 radical (unpaired) electrons. The molecule has 0 unspecified atom stereocenters. The van der Waals surface area contributed by atoms with E-state index in [4.69, 9.17) is 9.47 Å². The molecule has 0 saturated carbocycles. The Morgan fingerprint density at radius 3 is 2.41 bits per heavy atom. The molecule has 7 nitrogen and oxygen atoms in total. The molecule has 1 amide bonds. The Hall–Kier alpha value is -3.01. The highest BCUT2D eigenvalue weighted by molar-refractivity contribution is 7.99. The number of sulfonamides is 1. The van der Waals surface area contributed by atoms with Crippen LogP contribution in [0, 0.1) is 0 Å². The van der Waals surface area contributed by atoms with Crippen LogP contribution in [0.4, 0.5) is 11.4 Å². The van der Waals surface area contributed by atoms with Gasteiger partial charge >= 0.3 is 0 Å². The van der Waals surface area contributed by atoms with Gasteiger partial charge in [0.1, 0.15) is 5.75 Å². The summed E-state index contributed by atoms with van der Waals surface area (Å²) in [5, 5.41) is 2.85. The summed E-state index contributed by atoms with van der Waals surface area (Å²) in [6.45, 7) is 0.800. The van der Waals surface area contributed by atoms with Crippen LogP contribution in [0.2, 0.25) is 0 Å². The first-order valence-corrected chi connectivity index (χ1v) is 13.3. The predicted octanol–water partition coefficient (Wildman–Crippen LogP) is 5.02. The zero-order valence-corrected chi connectivity index (χ0v) is 20.3. The number of ether oxygens (including phenoxy) is 2. The maximum Gasteiger partial charge on any atom is 0.261 e. The first-order valence-electron chi connectivity index (χ1n) is 10.9. The third-order valence-corrected chi connectivity index (χ3v) is 7.95. The second-order valence-electron chi connectivity index (χ2n) is 7.75. The molecule has 2 N–H and O–H groups in total. The van der Waals surface area contributed by atoms with Crippen LogP contribution in [0.15, 0.2) is 82.6 Å². The molecule has 0 bridgehead atoms. The van der Waals surface area contributed by atoms with Gasteiger partial charge in [0.15, 0.2) is 0 Å². The highest BCUT2D eigenvalue weighted by Crippen LogP contribution is 2.28. The molecule has 3 aromatic carbocycles. The number of thioether (sulfide) groups is 1. The van der Waals surface area contributed by atoms with Crippen molar-refractivity contribution in [1.29, 1.82) is 0 Å². The number of methoxy groups -OCH3 is 1. The summed E-state index contributed by atoms with van der Waals surface area (Å²) in [6, 6.07) is 20.1. The highest BCUT2D eigenvalue weighted by atomic mass is 32.2. The number of benzene rings is 3. The highest BCUT2D eigenvalue weighted by Gasteiger charge is 2.19. The first kappa shape index (κ1) is 24.1. The van der Waals surface area contributed by atoms with Crippen molar-refractivity contribution in [2.75, 3.05) is 29.5 Å². The van der Waals surface area contributed by atoms with Crippen LogP contribution in [0.3, 0.4) is 0 Å². The fraction of sp³-hybridized carbons (Fsp3) is 0.240. The summed E-state index contributed by atoms with van der Waals surface area (Å²) in [6.07, 6.45) is 2.35. The van der Waals surface area contributed by atoms with E-state index in [1.54, 1.807) is 61.3 Å². The van der Waals surface area contributed by atoms with E-state index in [0.717, 1.165) is 30.1 Å². The summed E-state index contributed by atoms with van der Waals surface area (Å²) in [4.78, 5) is 13.9. The fourth-order valence-electron chi connectivity index (χ4n) is 3.53. The predicted molar refractivity (Wildman–Crippen MR) is 134 cm³/mol. The SMILES string of the molecule is COc1ccc(NS(=O)(=O)c2ccc(NC(=O)c3ccccc3SC[C@H]3CCCO3)cc2)cc1. The molecule has 0 aliphatic carbocycles. The second-order valence-corrected chi connectivity index (χ2v) is 10.5. The van der Waals surface area contributed by atoms with Crippen molar-refractivity contribution in [3.8, 4) is 5.75 Å². The van der Waals surface area contributed by atoms with Gasteiger partial charge in [-0.15, -0.1) is 11.8 Å². The minimum absolute atomic E-state index is 0.0915. The van der Waals surface area contributed by atoms with Crippen molar-refractivity contribution in [3.05, 3.63) is 78.4 Å². The number of anilines is 2. The summed E-state index contributed by atoms with van der Waals surface area (Å²) in [7, 11) is -2.23. The maximum absolute atomic E-state index is 12.9. The van der Waals surface area contributed by atoms with Crippen molar-refractivity contribution < 1.29 is 22.7 Å². The Kier molecular flexibility index (Phi) is 7.77. The summed E-state index contributed by atoms with van der Waals surface area (Å²) in [5.41, 5.74) is 1.51. The van der Waals surface area contributed by atoms with Crippen molar-refractivity contribution in [1.82, 2.24) is 0 Å². The fourth-order valence-corrected chi connectivity index (χ4v) is 5.71. The topological polar surface area (TPSA) is 93.7 Å². The molecule has 1 atom stereocenters. The van der Waals surface area contributed by atoms with Crippen LogP contribution in [-0.2, 0) is 14.8 Å². The molecule has 1 heterocycles. The maximum atomic E-state index is 12.9. The molecule has 0 aromatic heterocycles. The summed E-state index contributed by atoms with van der Waals surface area (Å²) >= 11 is 1.61. The van der Waals surface area contributed by atoms with Crippen molar-refractivity contribution in [2.45, 2.75) is 28.7 Å². The minimum atomic E-state index is -3.77. The van der Waals surface area contributed by atoms with Crippen LogP contribution < -0.4 is 14.8 Å². The first-order chi connectivity index (χ1) is 16.4. The molecule has 3 aromatic rings. The number of rotatable bonds is 9. The average Bonchev–Trinajstić information content (AvgIpc) is 3.37. The smallest absolute Gasteiger partial charge is 0.261 e. The van der Waals surface area contributed by atoms with Crippen molar-refractivity contribution >= 4 is 39.1 Å². The standard InChI is InChI=1S/C25H26N2O5S2/c1-31-20-12-8-19(9-13-20)27-34(29,30)22-14-10-18(11-15-22)26-25(28)23-6-2-3-7-24(23)33-17-21-5-4-16-32-21/h2-3,6-15,21,27H,4-5,16-17H2,1H3,(H,26,28)/t21-/m1/s1. The normalized spacial score (nSPS) is 15.6. The van der Waals surface area contributed by atoms with Crippen LogP contribution >= 0.6 is 11.8 Å². The van der Waals surface area contributed by atoms with Crippen LogP contribution in [0.5, 0.6) is 5.75 Å². The molecule has 1 fully saturated rings. The van der Waals surface area contributed by atoms with Gasteiger partial charge in [-0.2, -0.15) is 0 Å². The van der Waals surface area contributed by atoms with Crippen LogP contribution in [0.25, 0.3) is 0 Å². The quantitative estimate of drug-likeness (QED) is 0.403. The van der Waals surface area contributed by atoms with Gasteiger partial charge in [-0.25, -0.2) is 8.42 Å². The van der Waals surface area contributed by atoms with Gasteiger partial charge in [-0.05, 0) is 73.5 Å².